The molecule has 0 spiro atoms. The minimum Gasteiger partial charge on any atom is -0.350 e. The number of halogens is 1. The number of aromatic nitrogens is 2. The summed E-state index contributed by atoms with van der Waals surface area (Å²) in [6.07, 6.45) is 0.657. The summed E-state index contributed by atoms with van der Waals surface area (Å²) in [5, 5.41) is 5.09. The van der Waals surface area contributed by atoms with E-state index < -0.39 is 5.69 Å². The van der Waals surface area contributed by atoms with Crippen LogP contribution in [0.1, 0.15) is 18.9 Å². The molecule has 3 rings (SSSR count). The standard InChI is InChI=1S/C18H18ClN3O3S/c1-2-8-21-17(24)16-14(7-9-26-16)22(18(21)25)11-15(23)20-10-12-5-3-4-6-13(12)19/h3-7,9H,2,8,10-11H2,1H3,(H,20,23). The van der Waals surface area contributed by atoms with E-state index >= 15 is 0 Å². The lowest BCUT2D eigenvalue weighted by Crippen LogP contribution is -2.42. The zero-order valence-corrected chi connectivity index (χ0v) is 15.8. The molecule has 26 heavy (non-hydrogen) atoms. The molecule has 1 aromatic carbocycles. The number of carbonyl (C=O) groups is 1. The summed E-state index contributed by atoms with van der Waals surface area (Å²) in [6, 6.07) is 8.93. The predicted molar refractivity (Wildman–Crippen MR) is 104 cm³/mol. The van der Waals surface area contributed by atoms with Crippen LogP contribution in [0.2, 0.25) is 5.02 Å². The molecule has 2 heterocycles. The molecular formula is C18H18ClN3O3S. The molecule has 0 bridgehead atoms. The average molecular weight is 392 g/mol. The normalized spacial score (nSPS) is 11.0. The van der Waals surface area contributed by atoms with Crippen molar-refractivity contribution in [2.24, 2.45) is 0 Å². The number of hydrogen-bond acceptors (Lipinski definition) is 4. The zero-order chi connectivity index (χ0) is 18.7. The van der Waals surface area contributed by atoms with Gasteiger partial charge in [-0.3, -0.25) is 18.7 Å². The van der Waals surface area contributed by atoms with E-state index in [0.29, 0.717) is 28.2 Å². The molecule has 3 aromatic rings. The number of hydrogen-bond donors (Lipinski definition) is 1. The molecular weight excluding hydrogens is 374 g/mol. The van der Waals surface area contributed by atoms with E-state index in [1.165, 1.54) is 20.5 Å². The number of amides is 1. The molecule has 2 aromatic heterocycles. The second-order valence-electron chi connectivity index (χ2n) is 5.83. The van der Waals surface area contributed by atoms with Crippen LogP contribution in [0.5, 0.6) is 0 Å². The number of fused-ring (bicyclic) bond motifs is 1. The van der Waals surface area contributed by atoms with Crippen molar-refractivity contribution in [3.05, 3.63) is 67.1 Å². The fraction of sp³-hybridized carbons (Fsp3) is 0.278. The molecule has 0 fully saturated rings. The Balaban J connectivity index is 1.87. The largest absolute Gasteiger partial charge is 0.350 e. The smallest absolute Gasteiger partial charge is 0.332 e. The van der Waals surface area contributed by atoms with Gasteiger partial charge in [-0.05, 0) is 29.5 Å². The summed E-state index contributed by atoms with van der Waals surface area (Å²) in [7, 11) is 0. The highest BCUT2D eigenvalue weighted by Crippen LogP contribution is 2.16. The van der Waals surface area contributed by atoms with Crippen LogP contribution in [-0.4, -0.2) is 15.0 Å². The Labute approximate surface area is 158 Å². The molecule has 0 aliphatic carbocycles. The van der Waals surface area contributed by atoms with Crippen LogP contribution < -0.4 is 16.6 Å². The highest BCUT2D eigenvalue weighted by Gasteiger charge is 2.16. The van der Waals surface area contributed by atoms with Crippen LogP contribution in [0, 0.1) is 0 Å². The molecule has 0 aliphatic rings. The lowest BCUT2D eigenvalue weighted by molar-refractivity contribution is -0.121. The molecule has 0 saturated carbocycles. The summed E-state index contributed by atoms with van der Waals surface area (Å²) < 4.78 is 3.03. The van der Waals surface area contributed by atoms with Crippen molar-refractivity contribution in [2.45, 2.75) is 33.0 Å². The van der Waals surface area contributed by atoms with Crippen molar-refractivity contribution in [1.82, 2.24) is 14.5 Å². The Bertz CT molecular complexity index is 1070. The van der Waals surface area contributed by atoms with Crippen molar-refractivity contribution in [3.8, 4) is 0 Å². The first-order valence-electron chi connectivity index (χ1n) is 8.24. The fourth-order valence-electron chi connectivity index (χ4n) is 2.74. The van der Waals surface area contributed by atoms with Gasteiger partial charge in [-0.15, -0.1) is 11.3 Å². The molecule has 136 valence electrons. The molecule has 8 heteroatoms. The second kappa shape index (κ2) is 7.88. The summed E-state index contributed by atoms with van der Waals surface area (Å²) in [6.45, 7) is 2.34. The van der Waals surface area contributed by atoms with Gasteiger partial charge in [0.25, 0.3) is 5.56 Å². The van der Waals surface area contributed by atoms with Crippen LogP contribution in [0.15, 0.2) is 45.3 Å². The van der Waals surface area contributed by atoms with Gasteiger partial charge in [-0.2, -0.15) is 0 Å². The first-order valence-corrected chi connectivity index (χ1v) is 9.49. The van der Waals surface area contributed by atoms with Crippen LogP contribution in [-0.2, 0) is 24.4 Å². The van der Waals surface area contributed by atoms with Crippen molar-refractivity contribution < 1.29 is 4.79 Å². The van der Waals surface area contributed by atoms with Gasteiger partial charge in [0.1, 0.15) is 11.2 Å². The third-order valence-corrected chi connectivity index (χ3v) is 5.28. The number of rotatable bonds is 6. The Morgan fingerprint density at radius 1 is 1.19 bits per heavy atom. The Hall–Kier alpha value is -2.38. The lowest BCUT2D eigenvalue weighted by Gasteiger charge is -2.12. The van der Waals surface area contributed by atoms with Gasteiger partial charge in [-0.25, -0.2) is 4.79 Å². The number of benzene rings is 1. The molecule has 0 radical (unpaired) electrons. The van der Waals surface area contributed by atoms with Gasteiger partial charge >= 0.3 is 5.69 Å². The molecule has 6 nitrogen and oxygen atoms in total. The highest BCUT2D eigenvalue weighted by atomic mass is 35.5. The topological polar surface area (TPSA) is 73.1 Å². The van der Waals surface area contributed by atoms with E-state index in [0.717, 1.165) is 5.56 Å². The second-order valence-corrected chi connectivity index (χ2v) is 7.15. The van der Waals surface area contributed by atoms with Crippen molar-refractivity contribution in [3.63, 3.8) is 0 Å². The van der Waals surface area contributed by atoms with Crippen molar-refractivity contribution in [1.29, 1.82) is 0 Å². The Morgan fingerprint density at radius 2 is 1.96 bits per heavy atom. The number of carbonyl (C=O) groups excluding carboxylic acids is 1. The summed E-state index contributed by atoms with van der Waals surface area (Å²) in [5.41, 5.74) is 0.530. The van der Waals surface area contributed by atoms with E-state index in [2.05, 4.69) is 5.32 Å². The molecule has 0 unspecified atom stereocenters. The number of nitrogens with one attached hydrogen (secondary N) is 1. The van der Waals surface area contributed by atoms with E-state index in [9.17, 15) is 14.4 Å². The highest BCUT2D eigenvalue weighted by molar-refractivity contribution is 7.17. The third kappa shape index (κ3) is 3.59. The predicted octanol–water partition coefficient (Wildman–Crippen LogP) is 2.60. The molecule has 1 amide bonds. The van der Waals surface area contributed by atoms with Gasteiger partial charge in [0.15, 0.2) is 0 Å². The van der Waals surface area contributed by atoms with Gasteiger partial charge in [0.05, 0.1) is 5.52 Å². The molecule has 0 atom stereocenters. The van der Waals surface area contributed by atoms with Crippen LogP contribution in [0.4, 0.5) is 0 Å². The number of thiophene rings is 1. The maximum absolute atomic E-state index is 12.7. The first kappa shape index (κ1) is 18.4. The van der Waals surface area contributed by atoms with Crippen LogP contribution in [0.25, 0.3) is 10.2 Å². The fourth-order valence-corrected chi connectivity index (χ4v) is 3.79. The van der Waals surface area contributed by atoms with E-state index in [4.69, 9.17) is 11.6 Å². The van der Waals surface area contributed by atoms with Gasteiger partial charge < -0.3 is 5.32 Å². The molecule has 0 saturated heterocycles. The first-order chi connectivity index (χ1) is 12.5. The van der Waals surface area contributed by atoms with Gasteiger partial charge in [-0.1, -0.05) is 36.7 Å². The van der Waals surface area contributed by atoms with E-state index in [-0.39, 0.29) is 24.6 Å². The SMILES string of the molecule is CCCn1c(=O)c2sccc2n(CC(=O)NCc2ccccc2Cl)c1=O. The average Bonchev–Trinajstić information content (AvgIpc) is 3.11. The minimum atomic E-state index is -0.462. The number of nitrogens with zero attached hydrogens (tertiary/aromatic N) is 2. The molecule has 0 aliphatic heterocycles. The van der Waals surface area contributed by atoms with Crippen molar-refractivity contribution in [2.75, 3.05) is 0 Å². The zero-order valence-electron chi connectivity index (χ0n) is 14.2. The lowest BCUT2D eigenvalue weighted by atomic mass is 10.2. The summed E-state index contributed by atoms with van der Waals surface area (Å²) in [4.78, 5) is 37.5. The monoisotopic (exact) mass is 391 g/mol. The maximum Gasteiger partial charge on any atom is 0.332 e. The quantitative estimate of drug-likeness (QED) is 0.702. The Morgan fingerprint density at radius 3 is 2.69 bits per heavy atom. The van der Waals surface area contributed by atoms with Gasteiger partial charge in [0.2, 0.25) is 5.91 Å². The van der Waals surface area contributed by atoms with Crippen LogP contribution >= 0.6 is 22.9 Å². The van der Waals surface area contributed by atoms with E-state index in [1.807, 2.05) is 25.1 Å². The summed E-state index contributed by atoms with van der Waals surface area (Å²) >= 11 is 7.36. The minimum absolute atomic E-state index is 0.152. The van der Waals surface area contributed by atoms with Crippen LogP contribution in [0.3, 0.4) is 0 Å². The van der Waals surface area contributed by atoms with Gasteiger partial charge in [0, 0.05) is 18.1 Å². The summed E-state index contributed by atoms with van der Waals surface area (Å²) in [5.74, 6) is -0.318. The third-order valence-electron chi connectivity index (χ3n) is 4.02. The van der Waals surface area contributed by atoms with Crippen molar-refractivity contribution >= 4 is 39.1 Å². The molecule has 1 N–H and O–H groups in total. The van der Waals surface area contributed by atoms with E-state index in [1.54, 1.807) is 17.5 Å². The Kier molecular flexibility index (Phi) is 5.58. The maximum atomic E-state index is 12.7.